The summed E-state index contributed by atoms with van der Waals surface area (Å²) >= 11 is 6.01. The summed E-state index contributed by atoms with van der Waals surface area (Å²) in [6.45, 7) is 4.75. The molecule has 0 aliphatic carbocycles. The second kappa shape index (κ2) is 10.4. The number of nitrogens with zero attached hydrogens (tertiary/aromatic N) is 2. The van der Waals surface area contributed by atoms with Crippen molar-refractivity contribution in [2.45, 2.75) is 27.0 Å². The van der Waals surface area contributed by atoms with Gasteiger partial charge in [-0.15, -0.1) is 0 Å². The minimum atomic E-state index is -0.197. The fraction of sp³-hybridized carbons (Fsp3) is 0.185. The highest BCUT2D eigenvalue weighted by molar-refractivity contribution is 6.30. The average molecular weight is 476 g/mol. The Kier molecular flexibility index (Phi) is 7.18. The predicted octanol–water partition coefficient (Wildman–Crippen LogP) is 6.04. The van der Waals surface area contributed by atoms with Crippen molar-refractivity contribution >= 4 is 23.2 Å². The molecule has 1 aromatic heterocycles. The molecule has 6 nitrogen and oxygen atoms in total. The van der Waals surface area contributed by atoms with Crippen LogP contribution in [0.25, 0.3) is 0 Å². The number of carbonyl (C=O) groups is 1. The number of rotatable bonds is 8. The molecule has 0 fully saturated rings. The van der Waals surface area contributed by atoms with E-state index in [9.17, 15) is 4.79 Å². The molecule has 1 heterocycles. The Hall–Kier alpha value is -3.77. The Morgan fingerprint density at radius 2 is 1.71 bits per heavy atom. The van der Waals surface area contributed by atoms with Gasteiger partial charge in [-0.1, -0.05) is 41.9 Å². The van der Waals surface area contributed by atoms with Crippen LogP contribution in [0.2, 0.25) is 5.02 Å². The van der Waals surface area contributed by atoms with Gasteiger partial charge < -0.3 is 14.8 Å². The summed E-state index contributed by atoms with van der Waals surface area (Å²) in [5.74, 6) is 1.28. The van der Waals surface area contributed by atoms with E-state index in [0.717, 1.165) is 28.3 Å². The molecule has 0 bridgehead atoms. The van der Waals surface area contributed by atoms with Crippen LogP contribution in [0.4, 0.5) is 5.69 Å². The number of nitrogens with one attached hydrogen (secondary N) is 1. The first-order valence-corrected chi connectivity index (χ1v) is 11.3. The molecule has 0 atom stereocenters. The van der Waals surface area contributed by atoms with E-state index in [1.165, 1.54) is 0 Å². The number of methoxy groups -OCH3 is 1. The van der Waals surface area contributed by atoms with Crippen molar-refractivity contribution in [3.63, 3.8) is 0 Å². The van der Waals surface area contributed by atoms with E-state index in [0.29, 0.717) is 35.2 Å². The van der Waals surface area contributed by atoms with Crippen molar-refractivity contribution in [2.75, 3.05) is 12.4 Å². The minimum Gasteiger partial charge on any atom is -0.497 e. The zero-order chi connectivity index (χ0) is 24.1. The van der Waals surface area contributed by atoms with Gasteiger partial charge >= 0.3 is 0 Å². The number of ether oxygens (including phenoxy) is 2. The van der Waals surface area contributed by atoms with Crippen LogP contribution >= 0.6 is 11.6 Å². The second-order valence-electron chi connectivity index (χ2n) is 7.96. The van der Waals surface area contributed by atoms with Crippen molar-refractivity contribution in [1.82, 2.24) is 9.78 Å². The molecular formula is C27H26ClN3O3. The molecule has 4 rings (SSSR count). The highest BCUT2D eigenvalue weighted by atomic mass is 35.5. The second-order valence-corrected chi connectivity index (χ2v) is 8.39. The fourth-order valence-electron chi connectivity index (χ4n) is 3.69. The molecule has 0 aliphatic heterocycles. The highest BCUT2D eigenvalue weighted by Gasteiger charge is 2.16. The maximum absolute atomic E-state index is 13.0. The Morgan fingerprint density at radius 3 is 2.50 bits per heavy atom. The van der Waals surface area contributed by atoms with Crippen molar-refractivity contribution < 1.29 is 14.3 Å². The van der Waals surface area contributed by atoms with Gasteiger partial charge in [-0.2, -0.15) is 5.10 Å². The van der Waals surface area contributed by atoms with Gasteiger partial charge in [0.2, 0.25) is 0 Å². The maximum atomic E-state index is 13.0. The topological polar surface area (TPSA) is 65.4 Å². The van der Waals surface area contributed by atoms with Crippen LogP contribution in [-0.2, 0) is 13.2 Å². The van der Waals surface area contributed by atoms with Crippen LogP contribution in [-0.4, -0.2) is 22.8 Å². The van der Waals surface area contributed by atoms with Gasteiger partial charge in [-0.05, 0) is 67.4 Å². The zero-order valence-corrected chi connectivity index (χ0v) is 20.1. The Morgan fingerprint density at radius 1 is 0.971 bits per heavy atom. The van der Waals surface area contributed by atoms with E-state index >= 15 is 0 Å². The van der Waals surface area contributed by atoms with Gasteiger partial charge in [-0.3, -0.25) is 9.48 Å². The molecule has 4 aromatic rings. The summed E-state index contributed by atoms with van der Waals surface area (Å²) in [5, 5.41) is 8.27. The first-order chi connectivity index (χ1) is 16.4. The minimum absolute atomic E-state index is 0.197. The summed E-state index contributed by atoms with van der Waals surface area (Å²) in [5.41, 5.74) is 4.85. The van der Waals surface area contributed by atoms with Gasteiger partial charge in [0, 0.05) is 10.6 Å². The Labute approximate surface area is 204 Å². The molecule has 34 heavy (non-hydrogen) atoms. The summed E-state index contributed by atoms with van der Waals surface area (Å²) in [6.07, 6.45) is 0. The summed E-state index contributed by atoms with van der Waals surface area (Å²) in [6, 6.07) is 22.5. The first kappa shape index (κ1) is 23.4. The number of aryl methyl sites for hydroxylation is 1. The number of amides is 1. The van der Waals surface area contributed by atoms with Gasteiger partial charge in [0.1, 0.15) is 18.1 Å². The van der Waals surface area contributed by atoms with Gasteiger partial charge in [-0.25, -0.2) is 0 Å². The molecule has 0 saturated carbocycles. The lowest BCUT2D eigenvalue weighted by atomic mass is 10.1. The van der Waals surface area contributed by atoms with Crippen molar-refractivity contribution in [3.8, 4) is 11.5 Å². The lowest BCUT2D eigenvalue weighted by Crippen LogP contribution is -2.14. The molecule has 0 unspecified atom stereocenters. The number of anilines is 1. The molecule has 0 radical (unpaired) electrons. The molecule has 0 saturated heterocycles. The highest BCUT2D eigenvalue weighted by Crippen LogP contribution is 2.23. The van der Waals surface area contributed by atoms with Gasteiger partial charge in [0.05, 0.1) is 30.7 Å². The van der Waals surface area contributed by atoms with Crippen LogP contribution in [0, 0.1) is 13.8 Å². The molecule has 174 valence electrons. The maximum Gasteiger partial charge on any atom is 0.255 e. The van der Waals surface area contributed by atoms with Crippen LogP contribution in [0.15, 0.2) is 72.8 Å². The summed E-state index contributed by atoms with van der Waals surface area (Å²) in [7, 11) is 1.65. The van der Waals surface area contributed by atoms with Crippen molar-refractivity contribution in [3.05, 3.63) is 106 Å². The third-order valence-corrected chi connectivity index (χ3v) is 5.71. The third kappa shape index (κ3) is 5.58. The molecule has 0 spiro atoms. The number of halogens is 1. The van der Waals surface area contributed by atoms with Crippen molar-refractivity contribution in [2.24, 2.45) is 0 Å². The van der Waals surface area contributed by atoms with E-state index in [2.05, 4.69) is 10.4 Å². The van der Waals surface area contributed by atoms with Gasteiger partial charge in [0.15, 0.2) is 0 Å². The van der Waals surface area contributed by atoms with E-state index in [4.69, 9.17) is 21.1 Å². The van der Waals surface area contributed by atoms with E-state index in [1.54, 1.807) is 25.3 Å². The molecule has 1 amide bonds. The van der Waals surface area contributed by atoms with Crippen molar-refractivity contribution in [1.29, 1.82) is 0 Å². The van der Waals surface area contributed by atoms with E-state index < -0.39 is 0 Å². The van der Waals surface area contributed by atoms with Gasteiger partial charge in [0.25, 0.3) is 5.91 Å². The monoisotopic (exact) mass is 475 g/mol. The molecule has 3 aromatic carbocycles. The van der Waals surface area contributed by atoms with Crippen LogP contribution in [0.5, 0.6) is 11.5 Å². The van der Waals surface area contributed by atoms with Crippen LogP contribution < -0.4 is 14.8 Å². The SMILES string of the molecule is COc1cccc(Cn2nc(C)c(NC(=O)c3cccc(COc4cccc(Cl)c4)c3)c2C)c1. The lowest BCUT2D eigenvalue weighted by molar-refractivity contribution is 0.102. The quantitative estimate of drug-likeness (QED) is 0.337. The smallest absolute Gasteiger partial charge is 0.255 e. The number of aromatic nitrogens is 2. The molecular weight excluding hydrogens is 450 g/mol. The molecule has 0 aliphatic rings. The molecule has 7 heteroatoms. The van der Waals surface area contributed by atoms with Crippen LogP contribution in [0.1, 0.15) is 32.9 Å². The zero-order valence-electron chi connectivity index (χ0n) is 19.3. The van der Waals surface area contributed by atoms with E-state index in [-0.39, 0.29) is 5.91 Å². The first-order valence-electron chi connectivity index (χ1n) is 10.9. The number of benzene rings is 3. The number of carbonyl (C=O) groups excluding carboxylic acids is 1. The predicted molar refractivity (Wildman–Crippen MR) is 134 cm³/mol. The largest absolute Gasteiger partial charge is 0.497 e. The lowest BCUT2D eigenvalue weighted by Gasteiger charge is -2.10. The summed E-state index contributed by atoms with van der Waals surface area (Å²) in [4.78, 5) is 13.0. The molecule has 1 N–H and O–H groups in total. The third-order valence-electron chi connectivity index (χ3n) is 5.48. The Bertz CT molecular complexity index is 1320. The van der Waals surface area contributed by atoms with E-state index in [1.807, 2.05) is 73.1 Å². The van der Waals surface area contributed by atoms with Crippen LogP contribution in [0.3, 0.4) is 0 Å². The standard InChI is InChI=1S/C27H26ClN3O3/c1-18-26(19(2)31(30-18)16-20-7-5-11-24(14-20)33-3)29-27(32)22-9-4-8-21(13-22)17-34-25-12-6-10-23(28)15-25/h4-15H,16-17H2,1-3H3,(H,29,32). The normalized spacial score (nSPS) is 10.7. The number of hydrogen-bond acceptors (Lipinski definition) is 4. The number of hydrogen-bond donors (Lipinski definition) is 1. The fourth-order valence-corrected chi connectivity index (χ4v) is 3.87. The Balaban J connectivity index is 1.45. The average Bonchev–Trinajstić information content (AvgIpc) is 3.10. The summed E-state index contributed by atoms with van der Waals surface area (Å²) < 4.78 is 13.0.